The maximum atomic E-state index is 12.9. The van der Waals surface area contributed by atoms with Gasteiger partial charge in [-0.05, 0) is 12.8 Å². The number of ether oxygens (including phenoxy) is 4. The van der Waals surface area contributed by atoms with E-state index in [0.717, 1.165) is 38.5 Å². The van der Waals surface area contributed by atoms with E-state index in [2.05, 4.69) is 13.8 Å². The third-order valence-electron chi connectivity index (χ3n) is 13.6. The fourth-order valence-corrected chi connectivity index (χ4v) is 9.01. The second-order valence-corrected chi connectivity index (χ2v) is 21.7. The Kier molecular flexibility index (Phi) is 50.3. The highest BCUT2D eigenvalue weighted by atomic mass is 16.7. The van der Waals surface area contributed by atoms with E-state index in [0.29, 0.717) is 17.4 Å². The van der Waals surface area contributed by atoms with Crippen LogP contribution < -0.4 is 5.11 Å². The third kappa shape index (κ3) is 52.1. The van der Waals surface area contributed by atoms with Gasteiger partial charge in [0.1, 0.15) is 13.2 Å². The zero-order valence-corrected chi connectivity index (χ0v) is 46.0. The van der Waals surface area contributed by atoms with Gasteiger partial charge in [0, 0.05) is 12.8 Å². The molecule has 0 bridgehead atoms. The van der Waals surface area contributed by atoms with Gasteiger partial charge in [-0.25, -0.2) is 0 Å². The van der Waals surface area contributed by atoms with Crippen LogP contribution in [0.3, 0.4) is 0 Å². The first kappa shape index (κ1) is 66.3. The molecule has 0 radical (unpaired) electrons. The van der Waals surface area contributed by atoms with Crippen molar-refractivity contribution in [1.82, 2.24) is 0 Å². The summed E-state index contributed by atoms with van der Waals surface area (Å²) in [7, 11) is 5.94. The minimum atomic E-state index is -1.61. The van der Waals surface area contributed by atoms with Crippen molar-refractivity contribution in [2.75, 3.05) is 47.5 Å². The van der Waals surface area contributed by atoms with Crippen molar-refractivity contribution in [3.8, 4) is 0 Å². The number of carboxylic acid groups (broad SMARTS) is 1. The molecule has 0 heterocycles. The summed E-state index contributed by atoms with van der Waals surface area (Å²) in [5.41, 5.74) is 0. The van der Waals surface area contributed by atoms with Crippen molar-refractivity contribution in [3.05, 3.63) is 0 Å². The summed E-state index contributed by atoms with van der Waals surface area (Å²) in [4.78, 5) is 37.3. The van der Waals surface area contributed by atoms with Crippen LogP contribution in [0.15, 0.2) is 0 Å². The lowest BCUT2D eigenvalue weighted by Crippen LogP contribution is -2.44. The molecule has 9 nitrogen and oxygen atoms in total. The van der Waals surface area contributed by atoms with Crippen molar-refractivity contribution in [2.45, 2.75) is 315 Å². The number of unbranched alkanes of at least 4 members (excludes halogenated alkanes) is 41. The quantitative estimate of drug-likeness (QED) is 0.0256. The highest BCUT2D eigenvalue weighted by Crippen LogP contribution is 2.18. The Hall–Kier alpha value is -1.71. The molecule has 68 heavy (non-hydrogen) atoms. The first-order chi connectivity index (χ1) is 33.1. The van der Waals surface area contributed by atoms with Gasteiger partial charge in [-0.15, -0.1) is 0 Å². The summed E-state index contributed by atoms with van der Waals surface area (Å²) in [5.74, 6) is -2.25. The molecule has 9 heteroatoms. The molecule has 0 fully saturated rings. The molecule has 0 aromatic carbocycles. The molecule has 0 rings (SSSR count). The number of carboxylic acids is 1. The summed E-state index contributed by atoms with van der Waals surface area (Å²) in [6.07, 6.45) is 54.4. The number of aliphatic carboxylic acids is 1. The zero-order chi connectivity index (χ0) is 49.9. The largest absolute Gasteiger partial charge is 0.545 e. The number of carbonyl (C=O) groups is 3. The summed E-state index contributed by atoms with van der Waals surface area (Å²) in [6.45, 7) is 4.82. The maximum absolute atomic E-state index is 12.9. The smallest absolute Gasteiger partial charge is 0.306 e. The van der Waals surface area contributed by atoms with Crippen molar-refractivity contribution in [3.63, 3.8) is 0 Å². The summed E-state index contributed by atoms with van der Waals surface area (Å²) in [6, 6.07) is 0. The average Bonchev–Trinajstić information content (AvgIpc) is 3.30. The zero-order valence-electron chi connectivity index (χ0n) is 46.0. The van der Waals surface area contributed by atoms with Crippen LogP contribution in [0.1, 0.15) is 303 Å². The van der Waals surface area contributed by atoms with E-state index in [9.17, 15) is 19.5 Å². The van der Waals surface area contributed by atoms with Crippen LogP contribution in [-0.4, -0.2) is 82.3 Å². The first-order valence-electron chi connectivity index (χ1n) is 29.7. The molecule has 0 aliphatic carbocycles. The molecule has 0 spiro atoms. The molecule has 0 saturated carbocycles. The second kappa shape index (κ2) is 51.6. The van der Waals surface area contributed by atoms with E-state index in [4.69, 9.17) is 18.9 Å². The van der Waals surface area contributed by atoms with Crippen LogP contribution in [0, 0.1) is 0 Å². The van der Waals surface area contributed by atoms with Crippen LogP contribution in [0.4, 0.5) is 0 Å². The van der Waals surface area contributed by atoms with Gasteiger partial charge < -0.3 is 33.3 Å². The normalized spacial score (nSPS) is 12.7. The minimum absolute atomic E-state index is 0.153. The fourth-order valence-electron chi connectivity index (χ4n) is 9.01. The third-order valence-corrected chi connectivity index (χ3v) is 13.6. The van der Waals surface area contributed by atoms with Crippen LogP contribution >= 0.6 is 0 Å². The van der Waals surface area contributed by atoms with Crippen molar-refractivity contribution >= 4 is 17.9 Å². The van der Waals surface area contributed by atoms with Crippen molar-refractivity contribution < 1.29 is 42.9 Å². The lowest BCUT2D eigenvalue weighted by molar-refractivity contribution is -0.870. The standard InChI is InChI=1S/C59H115NO8/c1-6-8-10-12-14-16-18-20-22-24-26-27-28-29-30-32-34-36-38-40-42-44-46-48-50-57(62)68-55(54-67-59(58(63)64)65-52-51-60(3,4)5)53-66-56(61)49-47-45-43-41-39-37-35-33-31-25-23-21-19-17-15-13-11-9-7-2/h55,59H,6-54H2,1-5H3. The summed E-state index contributed by atoms with van der Waals surface area (Å²) < 4.78 is 22.7. The van der Waals surface area contributed by atoms with E-state index in [-0.39, 0.29) is 32.2 Å². The molecule has 2 unspecified atom stereocenters. The molecule has 0 aliphatic heterocycles. The molecule has 0 N–H and O–H groups in total. The highest BCUT2D eigenvalue weighted by molar-refractivity contribution is 5.70. The molecular weight excluding hydrogens is 851 g/mol. The lowest BCUT2D eigenvalue weighted by atomic mass is 10.0. The number of nitrogens with zero attached hydrogens (tertiary/aromatic N) is 1. The van der Waals surface area contributed by atoms with Crippen LogP contribution in [0.5, 0.6) is 0 Å². The number of hydrogen-bond donors (Lipinski definition) is 0. The molecular formula is C59H115NO8. The predicted molar refractivity (Wildman–Crippen MR) is 284 cm³/mol. The number of quaternary nitrogens is 1. The SMILES string of the molecule is CCCCCCCCCCCCCCCCCCCCCCCCCCC(=O)OC(COC(=O)CCCCCCCCCCCCCCCCCCCCC)COC(OCC[N+](C)(C)C)C(=O)[O-]. The molecule has 0 aromatic heterocycles. The van der Waals surface area contributed by atoms with E-state index >= 15 is 0 Å². The van der Waals surface area contributed by atoms with Crippen molar-refractivity contribution in [1.29, 1.82) is 0 Å². The second-order valence-electron chi connectivity index (χ2n) is 21.7. The fraction of sp³-hybridized carbons (Fsp3) is 0.949. The number of hydrogen-bond acceptors (Lipinski definition) is 8. The molecule has 2 atom stereocenters. The Morgan fingerprint density at radius 1 is 0.382 bits per heavy atom. The molecule has 404 valence electrons. The number of likely N-dealkylation sites (N-methyl/N-ethyl adjacent to an activating group) is 1. The highest BCUT2D eigenvalue weighted by Gasteiger charge is 2.22. The first-order valence-corrected chi connectivity index (χ1v) is 29.7. The van der Waals surface area contributed by atoms with Gasteiger partial charge in [0.25, 0.3) is 0 Å². The van der Waals surface area contributed by atoms with E-state index in [1.54, 1.807) is 0 Å². The topological polar surface area (TPSA) is 111 Å². The van der Waals surface area contributed by atoms with Crippen LogP contribution in [-0.2, 0) is 33.3 Å². The molecule has 0 aliphatic rings. The maximum Gasteiger partial charge on any atom is 0.306 e. The van der Waals surface area contributed by atoms with E-state index in [1.165, 1.54) is 238 Å². The Labute approximate surface area is 422 Å². The van der Waals surface area contributed by atoms with Crippen LogP contribution in [0.2, 0.25) is 0 Å². The Bertz CT molecular complexity index is 1080. The van der Waals surface area contributed by atoms with Crippen LogP contribution in [0.25, 0.3) is 0 Å². The monoisotopic (exact) mass is 966 g/mol. The molecule has 0 saturated heterocycles. The van der Waals surface area contributed by atoms with Crippen molar-refractivity contribution in [2.24, 2.45) is 0 Å². The number of carbonyl (C=O) groups excluding carboxylic acids is 3. The summed E-state index contributed by atoms with van der Waals surface area (Å²) in [5, 5.41) is 11.8. The number of esters is 2. The van der Waals surface area contributed by atoms with Gasteiger partial charge in [0.05, 0.1) is 40.3 Å². The van der Waals surface area contributed by atoms with Gasteiger partial charge in [0.15, 0.2) is 12.4 Å². The Balaban J connectivity index is 4.17. The van der Waals surface area contributed by atoms with Gasteiger partial charge >= 0.3 is 11.9 Å². The van der Waals surface area contributed by atoms with Gasteiger partial charge in [-0.1, -0.05) is 277 Å². The minimum Gasteiger partial charge on any atom is -0.545 e. The van der Waals surface area contributed by atoms with Gasteiger partial charge in [0.2, 0.25) is 0 Å². The lowest BCUT2D eigenvalue weighted by Gasteiger charge is -2.26. The Morgan fingerprint density at radius 2 is 0.662 bits per heavy atom. The van der Waals surface area contributed by atoms with Gasteiger partial charge in [-0.3, -0.25) is 9.59 Å². The average molecular weight is 967 g/mol. The Morgan fingerprint density at radius 3 is 0.941 bits per heavy atom. The number of rotatable bonds is 56. The van der Waals surface area contributed by atoms with Gasteiger partial charge in [-0.2, -0.15) is 0 Å². The molecule has 0 aromatic rings. The molecule has 0 amide bonds. The predicted octanol–water partition coefficient (Wildman–Crippen LogP) is 15.9. The van der Waals surface area contributed by atoms with E-state index < -0.39 is 24.3 Å². The van der Waals surface area contributed by atoms with E-state index in [1.807, 2.05) is 21.1 Å². The summed E-state index contributed by atoms with van der Waals surface area (Å²) >= 11 is 0.